The molecule has 0 aromatic heterocycles. The molecule has 2 rings (SSSR count). The first-order valence-electron chi connectivity index (χ1n) is 9.96. The van der Waals surface area contributed by atoms with Crippen molar-refractivity contribution in [2.45, 2.75) is 26.6 Å². The lowest BCUT2D eigenvalue weighted by atomic mass is 10.1. The van der Waals surface area contributed by atoms with Crippen molar-refractivity contribution < 1.29 is 27.4 Å². The Labute approximate surface area is 185 Å². The third-order valence-corrected chi connectivity index (χ3v) is 4.46. The van der Waals surface area contributed by atoms with Gasteiger partial charge in [-0.3, -0.25) is 4.79 Å². The van der Waals surface area contributed by atoms with Crippen LogP contribution in [0.25, 0.3) is 0 Å². The minimum Gasteiger partial charge on any atom is -0.457 e. The van der Waals surface area contributed by atoms with Gasteiger partial charge in [0, 0.05) is 19.4 Å². The molecule has 1 amide bonds. The molecule has 0 heterocycles. The van der Waals surface area contributed by atoms with Crippen LogP contribution in [0.2, 0.25) is 0 Å². The number of nitrogens with one attached hydrogen (secondary N) is 1. The minimum atomic E-state index is -4.44. The fourth-order valence-electron chi connectivity index (χ4n) is 2.79. The maximum atomic E-state index is 12.8. The van der Waals surface area contributed by atoms with E-state index in [9.17, 15) is 18.0 Å². The lowest BCUT2D eigenvalue weighted by molar-refractivity contribution is -0.137. The summed E-state index contributed by atoms with van der Waals surface area (Å²) < 4.78 is 49.1. The highest BCUT2D eigenvalue weighted by molar-refractivity contribution is 5.96. The van der Waals surface area contributed by atoms with Crippen LogP contribution < -0.4 is 15.8 Å². The number of ether oxygens (including phenoxy) is 2. The van der Waals surface area contributed by atoms with E-state index in [1.807, 2.05) is 13.0 Å². The van der Waals surface area contributed by atoms with E-state index in [2.05, 4.69) is 5.32 Å². The largest absolute Gasteiger partial charge is 0.457 e. The van der Waals surface area contributed by atoms with Crippen LogP contribution in [0.3, 0.4) is 0 Å². The van der Waals surface area contributed by atoms with E-state index in [-0.39, 0.29) is 24.1 Å². The zero-order valence-electron chi connectivity index (χ0n) is 18.2. The molecule has 8 heteroatoms. The van der Waals surface area contributed by atoms with Crippen LogP contribution in [0.15, 0.2) is 72.0 Å². The van der Waals surface area contributed by atoms with Gasteiger partial charge in [-0.05, 0) is 48.7 Å². The first-order valence-corrected chi connectivity index (χ1v) is 9.96. The lowest BCUT2D eigenvalue weighted by Crippen LogP contribution is -2.25. The van der Waals surface area contributed by atoms with E-state index in [0.717, 1.165) is 17.7 Å². The Kier molecular flexibility index (Phi) is 8.90. The van der Waals surface area contributed by atoms with Crippen molar-refractivity contribution in [2.24, 2.45) is 11.7 Å². The molecule has 0 aliphatic heterocycles. The van der Waals surface area contributed by atoms with Crippen molar-refractivity contribution in [3.05, 3.63) is 83.1 Å². The van der Waals surface area contributed by atoms with E-state index < -0.39 is 11.7 Å². The van der Waals surface area contributed by atoms with E-state index >= 15 is 0 Å². The molecular formula is C24H27F3N2O3. The van der Waals surface area contributed by atoms with Crippen molar-refractivity contribution in [2.75, 3.05) is 13.7 Å². The fourth-order valence-corrected chi connectivity index (χ4v) is 2.79. The molecule has 0 fully saturated rings. The lowest BCUT2D eigenvalue weighted by Gasteiger charge is -2.11. The number of carbonyl (C=O) groups is 1. The Morgan fingerprint density at radius 1 is 1.16 bits per heavy atom. The molecule has 2 aromatic rings. The van der Waals surface area contributed by atoms with Gasteiger partial charge in [0.2, 0.25) is 0 Å². The van der Waals surface area contributed by atoms with Crippen LogP contribution in [0, 0.1) is 5.92 Å². The number of rotatable bonds is 9. The van der Waals surface area contributed by atoms with Crippen LogP contribution in [0.1, 0.15) is 25.0 Å². The van der Waals surface area contributed by atoms with Gasteiger partial charge in [-0.15, -0.1) is 0 Å². The number of amides is 1. The summed E-state index contributed by atoms with van der Waals surface area (Å²) in [6.07, 6.45) is -0.900. The van der Waals surface area contributed by atoms with Gasteiger partial charge in [-0.25, -0.2) is 0 Å². The first kappa shape index (κ1) is 25.0. The topological polar surface area (TPSA) is 73.6 Å². The summed E-state index contributed by atoms with van der Waals surface area (Å²) in [6, 6.07) is 11.4. The molecule has 1 atom stereocenters. The summed E-state index contributed by atoms with van der Waals surface area (Å²) >= 11 is 0. The minimum absolute atomic E-state index is 0.0866. The monoisotopic (exact) mass is 448 g/mol. The van der Waals surface area contributed by atoms with Gasteiger partial charge >= 0.3 is 6.18 Å². The third kappa shape index (κ3) is 7.77. The molecule has 5 nitrogen and oxygen atoms in total. The average molecular weight is 448 g/mol. The highest BCUT2D eigenvalue weighted by Gasteiger charge is 2.30. The van der Waals surface area contributed by atoms with E-state index in [1.165, 1.54) is 12.1 Å². The van der Waals surface area contributed by atoms with Crippen LogP contribution in [0.5, 0.6) is 11.5 Å². The van der Waals surface area contributed by atoms with Crippen molar-refractivity contribution in [3.8, 4) is 11.5 Å². The highest BCUT2D eigenvalue weighted by atomic mass is 19.4. The Balaban J connectivity index is 1.98. The molecule has 0 aliphatic rings. The molecule has 0 saturated heterocycles. The summed E-state index contributed by atoms with van der Waals surface area (Å²) in [6.45, 7) is 4.40. The molecule has 0 spiro atoms. The van der Waals surface area contributed by atoms with Crippen molar-refractivity contribution in [1.29, 1.82) is 0 Å². The summed E-state index contributed by atoms with van der Waals surface area (Å²) in [4.78, 5) is 12.5. The first-order chi connectivity index (χ1) is 15.1. The second kappa shape index (κ2) is 11.4. The quantitative estimate of drug-likeness (QED) is 0.409. The molecular weight excluding hydrogens is 421 g/mol. The number of hydrogen-bond donors (Lipinski definition) is 2. The standard InChI is InChI=1S/C24H27F3N2O3/c1-16(15-31-3)7-12-22(17(2)28)23(30)29-14-18-8-10-20(11-9-18)32-21-6-4-5-19(13-21)24(25,26)27/h4-13,16H,14-15,28H2,1-3H3,(H,29,30)/b12-7-,22-17-. The summed E-state index contributed by atoms with van der Waals surface area (Å²) in [5, 5.41) is 2.80. The van der Waals surface area contributed by atoms with Crippen LogP contribution in [-0.2, 0) is 22.3 Å². The van der Waals surface area contributed by atoms with Crippen LogP contribution in [-0.4, -0.2) is 19.6 Å². The Morgan fingerprint density at radius 2 is 1.84 bits per heavy atom. The predicted molar refractivity (Wildman–Crippen MR) is 117 cm³/mol. The maximum Gasteiger partial charge on any atom is 0.416 e. The predicted octanol–water partition coefficient (Wildman–Crippen LogP) is 5.19. The zero-order valence-corrected chi connectivity index (χ0v) is 18.2. The second-order valence-corrected chi connectivity index (χ2v) is 7.34. The van der Waals surface area contributed by atoms with Crippen molar-refractivity contribution in [1.82, 2.24) is 5.32 Å². The fraction of sp³-hybridized carbons (Fsp3) is 0.292. The smallest absolute Gasteiger partial charge is 0.416 e. The number of nitrogens with two attached hydrogens (primary N) is 1. The van der Waals surface area contributed by atoms with Crippen molar-refractivity contribution >= 4 is 5.91 Å². The average Bonchev–Trinajstić information content (AvgIpc) is 2.73. The zero-order chi connectivity index (χ0) is 23.7. The second-order valence-electron chi connectivity index (χ2n) is 7.34. The number of hydrogen-bond acceptors (Lipinski definition) is 4. The SMILES string of the molecule is COCC(C)/C=C\C(C(=O)NCc1ccc(Oc2cccc(C(F)(F)F)c2)cc1)=C(/C)N. The van der Waals surface area contributed by atoms with Gasteiger partial charge in [-0.2, -0.15) is 13.2 Å². The summed E-state index contributed by atoms with van der Waals surface area (Å²) in [5.41, 5.74) is 6.63. The van der Waals surface area contributed by atoms with Gasteiger partial charge in [-0.1, -0.05) is 37.3 Å². The third-order valence-electron chi connectivity index (χ3n) is 4.46. The number of benzene rings is 2. The normalized spacial score (nSPS) is 13.6. The number of methoxy groups -OCH3 is 1. The number of alkyl halides is 3. The van der Waals surface area contributed by atoms with Gasteiger partial charge in [0.05, 0.1) is 17.7 Å². The molecule has 0 saturated carbocycles. The van der Waals surface area contributed by atoms with E-state index in [0.29, 0.717) is 23.6 Å². The van der Waals surface area contributed by atoms with Gasteiger partial charge in [0.1, 0.15) is 11.5 Å². The van der Waals surface area contributed by atoms with Crippen LogP contribution in [0.4, 0.5) is 13.2 Å². The van der Waals surface area contributed by atoms with Crippen LogP contribution >= 0.6 is 0 Å². The molecule has 32 heavy (non-hydrogen) atoms. The summed E-state index contributed by atoms with van der Waals surface area (Å²) in [5.74, 6) is 0.290. The van der Waals surface area contributed by atoms with Gasteiger partial charge < -0.3 is 20.5 Å². The number of allylic oxidation sites excluding steroid dienone is 1. The van der Waals surface area contributed by atoms with E-state index in [1.54, 1.807) is 44.4 Å². The maximum absolute atomic E-state index is 12.8. The molecule has 172 valence electrons. The molecule has 2 aromatic carbocycles. The number of carbonyl (C=O) groups excluding carboxylic acids is 1. The Hall–Kier alpha value is -3.26. The highest BCUT2D eigenvalue weighted by Crippen LogP contribution is 2.32. The molecule has 0 aliphatic carbocycles. The Bertz CT molecular complexity index is 963. The summed E-state index contributed by atoms with van der Waals surface area (Å²) in [7, 11) is 1.61. The Morgan fingerprint density at radius 3 is 2.44 bits per heavy atom. The van der Waals surface area contributed by atoms with Gasteiger partial charge in [0.15, 0.2) is 0 Å². The molecule has 0 radical (unpaired) electrons. The molecule has 3 N–H and O–H groups in total. The number of halogens is 3. The molecule has 1 unspecified atom stereocenters. The van der Waals surface area contributed by atoms with Crippen molar-refractivity contribution in [3.63, 3.8) is 0 Å². The van der Waals surface area contributed by atoms with Gasteiger partial charge in [0.25, 0.3) is 5.91 Å². The molecule has 0 bridgehead atoms. The van der Waals surface area contributed by atoms with E-state index in [4.69, 9.17) is 15.2 Å².